The van der Waals surface area contributed by atoms with Crippen LogP contribution in [0.2, 0.25) is 0 Å². The van der Waals surface area contributed by atoms with Gasteiger partial charge in [-0.1, -0.05) is 23.7 Å². The number of pyridine rings is 2. The van der Waals surface area contributed by atoms with Crippen molar-refractivity contribution < 1.29 is 38.7 Å². The van der Waals surface area contributed by atoms with Gasteiger partial charge in [0.2, 0.25) is 0 Å². The molecule has 0 spiro atoms. The van der Waals surface area contributed by atoms with Crippen molar-refractivity contribution in [2.45, 2.75) is 13.8 Å². The molecule has 0 radical (unpaired) electrons. The number of carbonyl (C=O) groups excluding carboxylic acids is 2. The van der Waals surface area contributed by atoms with Crippen LogP contribution in [-0.4, -0.2) is 47.1 Å². The zero-order valence-electron chi connectivity index (χ0n) is 17.6. The van der Waals surface area contributed by atoms with E-state index in [4.69, 9.17) is 0 Å². The van der Waals surface area contributed by atoms with Gasteiger partial charge in [-0.05, 0) is 37.1 Å². The van der Waals surface area contributed by atoms with E-state index in [0.717, 1.165) is 0 Å². The maximum atomic E-state index is 12.4. The number of allylic oxidation sites excluding steroid dienone is 2. The van der Waals surface area contributed by atoms with E-state index >= 15 is 0 Å². The molecule has 0 atom stereocenters. The third-order valence-electron chi connectivity index (χ3n) is 3.89. The predicted octanol–water partition coefficient (Wildman–Crippen LogP) is -2.36. The average molecular weight is 411 g/mol. The largest absolute Gasteiger partial charge is 1.00 e. The van der Waals surface area contributed by atoms with Crippen LogP contribution in [0.5, 0.6) is 0 Å². The maximum absolute atomic E-state index is 12.4. The van der Waals surface area contributed by atoms with Crippen LogP contribution < -0.4 is 29.1 Å². The van der Waals surface area contributed by atoms with Crippen molar-refractivity contribution in [1.82, 2.24) is 9.97 Å². The van der Waals surface area contributed by atoms with Crippen LogP contribution in [0.4, 0.5) is 0 Å². The Morgan fingerprint density at radius 2 is 1.23 bits per heavy atom. The predicted molar refractivity (Wildman–Crippen MR) is 110 cm³/mol. The van der Waals surface area contributed by atoms with Gasteiger partial charge in [0.15, 0.2) is 11.6 Å². The second kappa shape index (κ2) is 13.1. The number of rotatable bonds is 9. The molecule has 2 aromatic heterocycles. The van der Waals surface area contributed by atoms with Gasteiger partial charge in [-0.2, -0.15) is 0 Å². The number of hydrogen-bond acceptors (Lipinski definition) is 8. The molecule has 0 fully saturated rings. The Morgan fingerprint density at radius 1 is 0.839 bits per heavy atom. The summed E-state index contributed by atoms with van der Waals surface area (Å²) in [6.45, 7) is 2.90. The third kappa shape index (κ3) is 7.77. The minimum Gasteiger partial charge on any atom is -0.871 e. The van der Waals surface area contributed by atoms with Gasteiger partial charge in [-0.25, -0.2) is 0 Å². The van der Waals surface area contributed by atoms with Crippen LogP contribution in [0.1, 0.15) is 25.0 Å². The molecule has 8 nitrogen and oxygen atoms in total. The van der Waals surface area contributed by atoms with Crippen molar-refractivity contribution in [3.8, 4) is 0 Å². The molecule has 0 aliphatic carbocycles. The smallest absolute Gasteiger partial charge is 0.871 e. The Morgan fingerprint density at radius 3 is 1.52 bits per heavy atom. The summed E-state index contributed by atoms with van der Waals surface area (Å²) >= 11 is 0. The van der Waals surface area contributed by atoms with Gasteiger partial charge in [0.1, 0.15) is 0 Å². The summed E-state index contributed by atoms with van der Waals surface area (Å²) in [5.74, 6) is -1.75. The van der Waals surface area contributed by atoms with Gasteiger partial charge in [0.05, 0.1) is 13.1 Å². The molecule has 0 aromatic carbocycles. The van der Waals surface area contributed by atoms with E-state index < -0.39 is 23.1 Å². The summed E-state index contributed by atoms with van der Waals surface area (Å²) in [4.78, 5) is 39.4. The number of hydrogen-bond donors (Lipinski definition) is 0. The van der Waals surface area contributed by atoms with Crippen LogP contribution in [-0.2, 0) is 9.59 Å². The molecule has 154 valence electrons. The van der Waals surface area contributed by atoms with Crippen molar-refractivity contribution in [2.24, 2.45) is 9.98 Å². The topological polar surface area (TPSA) is 131 Å². The maximum Gasteiger partial charge on any atom is 1.00 e. The first-order valence-electron chi connectivity index (χ1n) is 9.06. The number of aliphatic imine (C=N–C) groups is 2. The summed E-state index contributed by atoms with van der Waals surface area (Å²) < 4.78 is 0. The first kappa shape index (κ1) is 25.7. The molecular formula is C22H20LiN4O4-. The fourth-order valence-corrected chi connectivity index (χ4v) is 2.35. The molecule has 0 saturated carbocycles. The molecule has 0 N–H and O–H groups in total. The molecule has 9 heteroatoms. The Bertz CT molecular complexity index is 933. The second-order valence-corrected chi connectivity index (χ2v) is 6.15. The first-order valence-corrected chi connectivity index (χ1v) is 9.06. The fraction of sp³-hybridized carbons (Fsp3) is 0.182. The zero-order chi connectivity index (χ0) is 21.9. The quantitative estimate of drug-likeness (QED) is 0.149. The molecular weight excluding hydrogens is 391 g/mol. The minimum atomic E-state index is -0.461. The molecule has 0 amide bonds. The van der Waals surface area contributed by atoms with Crippen molar-refractivity contribution in [2.75, 3.05) is 13.1 Å². The minimum absolute atomic E-state index is 0. The van der Waals surface area contributed by atoms with Gasteiger partial charge in [0, 0.05) is 48.4 Å². The van der Waals surface area contributed by atoms with Crippen molar-refractivity contribution in [3.63, 3.8) is 0 Å². The number of ketones is 2. The van der Waals surface area contributed by atoms with Crippen molar-refractivity contribution in [3.05, 3.63) is 71.3 Å². The SMILES string of the molecule is CC(=O)/C(C=NCCN=C/C(C(C)=O)=C(\[O-])c1cccnc1)=C(/[O-])c1cccnc1.[Li+]. The Hall–Kier alpha value is -3.34. The fourth-order valence-electron chi connectivity index (χ4n) is 2.35. The Labute approximate surface area is 192 Å². The summed E-state index contributed by atoms with van der Waals surface area (Å²) in [5.41, 5.74) is 0.466. The summed E-state index contributed by atoms with van der Waals surface area (Å²) in [5, 5.41) is 24.8. The van der Waals surface area contributed by atoms with E-state index in [-0.39, 0.29) is 43.1 Å². The van der Waals surface area contributed by atoms with Crippen molar-refractivity contribution >= 4 is 35.5 Å². The molecule has 0 unspecified atom stereocenters. The van der Waals surface area contributed by atoms with Crippen molar-refractivity contribution in [1.29, 1.82) is 0 Å². The summed E-state index contributed by atoms with van der Waals surface area (Å²) in [6.07, 6.45) is 8.24. The number of Topliss-reactive ketones (excluding diaryl/α,β-unsaturated/α-hetero) is 2. The molecule has 0 aliphatic heterocycles. The second-order valence-electron chi connectivity index (χ2n) is 6.15. The molecule has 2 aromatic rings. The third-order valence-corrected chi connectivity index (χ3v) is 3.89. The van der Waals surface area contributed by atoms with E-state index in [9.17, 15) is 19.8 Å². The zero-order valence-corrected chi connectivity index (χ0v) is 17.6. The van der Waals surface area contributed by atoms with E-state index in [1.54, 1.807) is 24.3 Å². The van der Waals surface area contributed by atoms with Crippen LogP contribution in [0.25, 0.3) is 11.5 Å². The van der Waals surface area contributed by atoms with Gasteiger partial charge in [-0.15, -0.1) is 0 Å². The van der Waals surface area contributed by atoms with Gasteiger partial charge in [-0.3, -0.25) is 29.5 Å². The normalized spacial score (nSPS) is 12.8. The molecule has 2 heterocycles. The summed E-state index contributed by atoms with van der Waals surface area (Å²) in [7, 11) is 0. The van der Waals surface area contributed by atoms with E-state index in [0.29, 0.717) is 11.1 Å². The van der Waals surface area contributed by atoms with E-state index in [1.165, 1.54) is 51.1 Å². The summed E-state index contributed by atoms with van der Waals surface area (Å²) in [6, 6.07) is 6.34. The Balaban J connectivity index is 0.00000480. The molecule has 2 rings (SSSR count). The standard InChI is InChI=1S/C22H22N4O4.Li/c1-15(27)19(21(29)17-5-3-7-23-11-17)13-25-9-10-26-14-20(16(2)28)22(30)18-6-4-8-24-12-18;/h3-8,11-14,29-30H,9-10H2,1-2H3;/q;+1/p-2/b21-19+,22-20+,25-13?,26-14?;. The van der Waals surface area contributed by atoms with Crippen LogP contribution in [0.15, 0.2) is 70.2 Å². The number of aromatic nitrogens is 2. The van der Waals surface area contributed by atoms with Crippen LogP contribution in [0, 0.1) is 0 Å². The van der Waals surface area contributed by atoms with Gasteiger partial charge < -0.3 is 10.2 Å². The Kier molecular flexibility index (Phi) is 10.8. The van der Waals surface area contributed by atoms with Crippen LogP contribution in [0.3, 0.4) is 0 Å². The molecule has 0 saturated heterocycles. The molecule has 31 heavy (non-hydrogen) atoms. The van der Waals surface area contributed by atoms with Gasteiger partial charge >= 0.3 is 18.9 Å². The monoisotopic (exact) mass is 411 g/mol. The van der Waals surface area contributed by atoms with Crippen LogP contribution >= 0.6 is 0 Å². The molecule has 0 aliphatic rings. The number of carbonyl (C=O) groups is 2. The first-order chi connectivity index (χ1) is 14.4. The number of nitrogens with zero attached hydrogens (tertiary/aromatic N) is 4. The van der Waals surface area contributed by atoms with E-state index in [2.05, 4.69) is 20.0 Å². The van der Waals surface area contributed by atoms with E-state index in [1.807, 2.05) is 0 Å². The van der Waals surface area contributed by atoms with Gasteiger partial charge in [0.25, 0.3) is 0 Å². The average Bonchev–Trinajstić information content (AvgIpc) is 2.75. The molecule has 0 bridgehead atoms.